The fraction of sp³-hybridized carbons (Fsp3) is 0.348. The molecule has 0 aliphatic carbocycles. The van der Waals surface area contributed by atoms with Gasteiger partial charge < -0.3 is 0 Å². The first kappa shape index (κ1) is 21.6. The molecule has 0 bridgehead atoms. The van der Waals surface area contributed by atoms with Gasteiger partial charge in [0.2, 0.25) is 0 Å². The van der Waals surface area contributed by atoms with Crippen molar-refractivity contribution in [2.24, 2.45) is 11.8 Å². The number of carbonyl (C=O) groups is 3. The molecule has 2 saturated heterocycles. The summed E-state index contributed by atoms with van der Waals surface area (Å²) < 4.78 is 16.9. The zero-order valence-corrected chi connectivity index (χ0v) is 18.9. The van der Waals surface area contributed by atoms with Crippen molar-refractivity contribution in [2.45, 2.75) is 17.1 Å². The molecule has 31 heavy (non-hydrogen) atoms. The van der Waals surface area contributed by atoms with E-state index in [2.05, 4.69) is 0 Å². The molecule has 7 nitrogen and oxygen atoms in total. The first-order chi connectivity index (χ1) is 15.1. The summed E-state index contributed by atoms with van der Waals surface area (Å²) in [7, 11) is 2.48. The second-order valence-corrected chi connectivity index (χ2v) is 9.91. The van der Waals surface area contributed by atoms with Gasteiger partial charge in [0.05, 0.1) is 0 Å². The quantitative estimate of drug-likeness (QED) is 0.347. The van der Waals surface area contributed by atoms with Gasteiger partial charge in [0, 0.05) is 0 Å². The van der Waals surface area contributed by atoms with Gasteiger partial charge in [-0.15, -0.1) is 0 Å². The third-order valence-electron chi connectivity index (χ3n) is 5.71. The third-order valence-corrected chi connectivity index (χ3v) is 8.47. The van der Waals surface area contributed by atoms with Gasteiger partial charge in [0.1, 0.15) is 0 Å². The number of rotatable bonds is 6. The molecule has 0 unspecified atom stereocenters. The normalized spacial score (nSPS) is 24.9. The molecule has 2 aromatic rings. The van der Waals surface area contributed by atoms with Gasteiger partial charge in [-0.3, -0.25) is 0 Å². The fourth-order valence-electron chi connectivity index (χ4n) is 4.32. The van der Waals surface area contributed by atoms with Crippen LogP contribution in [0.3, 0.4) is 0 Å². The van der Waals surface area contributed by atoms with Crippen LogP contribution in [0.1, 0.15) is 11.8 Å². The van der Waals surface area contributed by atoms with Gasteiger partial charge in [-0.2, -0.15) is 0 Å². The molecule has 0 spiro atoms. The fourth-order valence-corrected chi connectivity index (χ4v) is 7.11. The average Bonchev–Trinajstić information content (AvgIpc) is 3.35. The molecular weight excluding hydrogens is 465 g/mol. The van der Waals surface area contributed by atoms with Crippen molar-refractivity contribution in [1.82, 2.24) is 4.90 Å². The molecule has 2 aliphatic heterocycles. The first-order valence-electron chi connectivity index (χ1n) is 9.93. The van der Waals surface area contributed by atoms with E-state index in [4.69, 9.17) is 14.2 Å². The van der Waals surface area contributed by atoms with Crippen LogP contribution in [0, 0.1) is 11.8 Å². The molecular formula is C23H23NO6Se. The monoisotopic (exact) mass is 489 g/mol. The van der Waals surface area contributed by atoms with Gasteiger partial charge >= 0.3 is 187 Å². The van der Waals surface area contributed by atoms with E-state index in [1.54, 1.807) is 4.90 Å². The van der Waals surface area contributed by atoms with Gasteiger partial charge in [-0.05, 0) is 0 Å². The Balaban J connectivity index is 1.75. The van der Waals surface area contributed by atoms with Gasteiger partial charge in [-0.25, -0.2) is 0 Å². The Bertz CT molecular complexity index is 937. The Hall–Kier alpha value is -2.67. The minimum atomic E-state index is -1.19. The number of benzene rings is 2. The summed E-state index contributed by atoms with van der Waals surface area (Å²) in [6.07, 6.45) is -0.547. The number of nitrogens with zero attached hydrogens (tertiary/aromatic N) is 1. The maximum atomic E-state index is 13.7. The van der Waals surface area contributed by atoms with E-state index in [1.165, 1.54) is 14.2 Å². The number of esters is 2. The summed E-state index contributed by atoms with van der Waals surface area (Å²) >= 11 is -0.297. The van der Waals surface area contributed by atoms with E-state index in [1.807, 2.05) is 60.7 Å². The van der Waals surface area contributed by atoms with Crippen LogP contribution in [0.4, 0.5) is 0 Å². The van der Waals surface area contributed by atoms with Crippen LogP contribution in [0.2, 0.25) is 4.82 Å². The number of amides is 1. The number of hydrogen-bond donors (Lipinski definition) is 0. The van der Waals surface area contributed by atoms with E-state index in [-0.39, 0.29) is 27.5 Å². The van der Waals surface area contributed by atoms with E-state index in [0.717, 1.165) is 10.0 Å². The summed E-state index contributed by atoms with van der Waals surface area (Å²) in [6, 6.07) is 18.7. The van der Waals surface area contributed by atoms with E-state index < -0.39 is 40.9 Å². The zero-order valence-electron chi connectivity index (χ0n) is 17.2. The van der Waals surface area contributed by atoms with Gasteiger partial charge in [-0.1, -0.05) is 0 Å². The average molecular weight is 488 g/mol. The predicted molar refractivity (Wildman–Crippen MR) is 112 cm³/mol. The minimum absolute atomic E-state index is 0.108. The Labute approximate surface area is 186 Å². The van der Waals surface area contributed by atoms with Crippen LogP contribution in [-0.4, -0.2) is 64.6 Å². The Kier molecular flexibility index (Phi) is 6.41. The predicted octanol–water partition coefficient (Wildman–Crippen LogP) is 1.32. The van der Waals surface area contributed by atoms with Crippen molar-refractivity contribution in [2.75, 3.05) is 20.8 Å². The van der Waals surface area contributed by atoms with Crippen molar-refractivity contribution < 1.29 is 28.6 Å². The number of ether oxygens (including phenoxy) is 3. The Morgan fingerprint density at radius 2 is 1.58 bits per heavy atom. The van der Waals surface area contributed by atoms with E-state index in [9.17, 15) is 14.4 Å². The van der Waals surface area contributed by atoms with Crippen LogP contribution in [-0.2, 0) is 28.6 Å². The SMILES string of the molecule is COC(=O)C(C(=O)OC)[C@H]1[C@H]([Se]c2ccccc2)C(=O)N2[C@@H](c3ccccc3)OC[C@H]12. The summed E-state index contributed by atoms with van der Waals surface area (Å²) in [4.78, 5) is 40.2. The van der Waals surface area contributed by atoms with Crippen molar-refractivity contribution in [3.63, 3.8) is 0 Å². The molecule has 8 heteroatoms. The molecule has 4 rings (SSSR count). The van der Waals surface area contributed by atoms with Crippen LogP contribution >= 0.6 is 0 Å². The van der Waals surface area contributed by atoms with E-state index >= 15 is 0 Å². The van der Waals surface area contributed by atoms with Crippen molar-refractivity contribution >= 4 is 37.3 Å². The van der Waals surface area contributed by atoms with E-state index in [0.29, 0.717) is 0 Å². The van der Waals surface area contributed by atoms with Crippen LogP contribution in [0.15, 0.2) is 60.7 Å². The molecule has 4 atom stereocenters. The molecule has 0 aromatic heterocycles. The van der Waals surface area contributed by atoms with Crippen molar-refractivity contribution in [3.8, 4) is 0 Å². The second-order valence-electron chi connectivity index (χ2n) is 7.36. The third kappa shape index (κ3) is 3.99. The van der Waals surface area contributed by atoms with Gasteiger partial charge in [0.15, 0.2) is 0 Å². The molecule has 162 valence electrons. The zero-order chi connectivity index (χ0) is 22.0. The maximum absolute atomic E-state index is 13.7. The summed E-state index contributed by atoms with van der Waals surface area (Å²) in [5, 5.41) is 0. The molecule has 1 amide bonds. The summed E-state index contributed by atoms with van der Waals surface area (Å²) in [5.74, 6) is -3.28. The van der Waals surface area contributed by atoms with Crippen LogP contribution < -0.4 is 4.46 Å². The Morgan fingerprint density at radius 1 is 1.00 bits per heavy atom. The van der Waals surface area contributed by atoms with Crippen molar-refractivity contribution in [1.29, 1.82) is 0 Å². The molecule has 0 saturated carbocycles. The number of methoxy groups -OCH3 is 2. The van der Waals surface area contributed by atoms with Crippen LogP contribution in [0.25, 0.3) is 0 Å². The van der Waals surface area contributed by atoms with Crippen LogP contribution in [0.5, 0.6) is 0 Å². The number of carbonyl (C=O) groups excluding carboxylic acids is 3. The van der Waals surface area contributed by atoms with Crippen molar-refractivity contribution in [3.05, 3.63) is 66.2 Å². The summed E-state index contributed by atoms with van der Waals surface area (Å²) in [6.45, 7) is 0.238. The number of hydrogen-bond acceptors (Lipinski definition) is 6. The molecule has 2 aromatic carbocycles. The van der Waals surface area contributed by atoms with Gasteiger partial charge in [0.25, 0.3) is 0 Å². The molecule has 0 N–H and O–H groups in total. The molecule has 0 radical (unpaired) electrons. The molecule has 2 heterocycles. The topological polar surface area (TPSA) is 82.1 Å². The number of fused-ring (bicyclic) bond motifs is 1. The molecule has 2 aliphatic rings. The first-order valence-corrected chi connectivity index (χ1v) is 11.8. The molecule has 2 fully saturated rings. The summed E-state index contributed by atoms with van der Waals surface area (Å²) in [5.41, 5.74) is 0.859. The second kappa shape index (κ2) is 9.22. The Morgan fingerprint density at radius 3 is 2.16 bits per heavy atom. The standard InChI is InChI=1S/C23H23NO6Se/c1-28-22(26)18(23(27)29-2)17-16-13-30-21(14-9-5-3-6-10-14)24(16)20(25)19(17)31-15-11-7-4-8-12-15/h3-12,16-19,21H,13H2,1-2H3/t16-,17+,19+,21-/m1/s1.